The molecule has 0 bridgehead atoms. The summed E-state index contributed by atoms with van der Waals surface area (Å²) in [5.41, 5.74) is 7.79. The molecule has 0 aliphatic heterocycles. The summed E-state index contributed by atoms with van der Waals surface area (Å²) in [6, 6.07) is 7.74. The zero-order valence-electron chi connectivity index (χ0n) is 13.7. The van der Waals surface area contributed by atoms with Crippen LogP contribution in [-0.4, -0.2) is 12.5 Å². The van der Waals surface area contributed by atoms with E-state index < -0.39 is 0 Å². The first-order chi connectivity index (χ1) is 9.93. The van der Waals surface area contributed by atoms with Crippen LogP contribution in [-0.2, 0) is 11.2 Å². The Labute approximate surface area is 129 Å². The van der Waals surface area contributed by atoms with E-state index in [1.165, 1.54) is 19.3 Å². The maximum absolute atomic E-state index is 11.9. The minimum Gasteiger partial charge on any atom is -0.399 e. The van der Waals surface area contributed by atoms with Crippen LogP contribution in [0.4, 0.5) is 5.69 Å². The highest BCUT2D eigenvalue weighted by molar-refractivity contribution is 5.76. The van der Waals surface area contributed by atoms with Gasteiger partial charge in [0.15, 0.2) is 0 Å². The Morgan fingerprint density at radius 3 is 2.71 bits per heavy atom. The van der Waals surface area contributed by atoms with E-state index in [1.54, 1.807) is 0 Å². The van der Waals surface area contributed by atoms with Crippen LogP contribution in [0.3, 0.4) is 0 Å². The Hall–Kier alpha value is -1.51. The monoisotopic (exact) mass is 290 g/mol. The molecule has 1 amide bonds. The van der Waals surface area contributed by atoms with E-state index in [-0.39, 0.29) is 11.3 Å². The topological polar surface area (TPSA) is 55.1 Å². The number of anilines is 1. The van der Waals surface area contributed by atoms with Gasteiger partial charge < -0.3 is 11.1 Å². The number of nitrogens with two attached hydrogens (primary N) is 1. The molecule has 0 fully saturated rings. The van der Waals surface area contributed by atoms with Crippen molar-refractivity contribution in [3.63, 3.8) is 0 Å². The number of hydrogen-bond acceptors (Lipinski definition) is 2. The van der Waals surface area contributed by atoms with Crippen molar-refractivity contribution in [3.05, 3.63) is 29.8 Å². The molecule has 0 atom stereocenters. The molecule has 1 aromatic rings. The molecule has 0 saturated carbocycles. The molecular formula is C18H30N2O. The molecule has 0 heterocycles. The van der Waals surface area contributed by atoms with Gasteiger partial charge in [0.25, 0.3) is 0 Å². The van der Waals surface area contributed by atoms with Crippen LogP contribution >= 0.6 is 0 Å². The summed E-state index contributed by atoms with van der Waals surface area (Å²) < 4.78 is 0. The van der Waals surface area contributed by atoms with E-state index in [0.29, 0.717) is 6.42 Å². The smallest absolute Gasteiger partial charge is 0.220 e. The van der Waals surface area contributed by atoms with E-state index in [0.717, 1.165) is 30.6 Å². The van der Waals surface area contributed by atoms with Gasteiger partial charge in [0, 0.05) is 18.7 Å². The summed E-state index contributed by atoms with van der Waals surface area (Å²) in [7, 11) is 0. The fraction of sp³-hybridized carbons (Fsp3) is 0.611. The number of carbonyl (C=O) groups excluding carboxylic acids is 1. The predicted octanol–water partition coefficient (Wildman–Crippen LogP) is 3.92. The number of unbranched alkanes of at least 4 members (excludes halogenated alkanes) is 2. The van der Waals surface area contributed by atoms with E-state index in [1.807, 2.05) is 24.3 Å². The van der Waals surface area contributed by atoms with Gasteiger partial charge in [-0.3, -0.25) is 4.79 Å². The first-order valence-electron chi connectivity index (χ1n) is 8.04. The van der Waals surface area contributed by atoms with Crippen LogP contribution in [0.25, 0.3) is 0 Å². The standard InChI is InChI=1S/C18H30N2O/c1-4-5-6-12-18(2,3)14-20-17(21)11-10-15-8-7-9-16(19)13-15/h7-9,13H,4-6,10-12,14,19H2,1-3H3,(H,20,21). The SMILES string of the molecule is CCCCCC(C)(C)CNC(=O)CCc1cccc(N)c1. The third-order valence-electron chi connectivity index (χ3n) is 3.81. The minimum atomic E-state index is 0.126. The van der Waals surface area contributed by atoms with Gasteiger partial charge in [0.1, 0.15) is 0 Å². The van der Waals surface area contributed by atoms with E-state index in [4.69, 9.17) is 5.73 Å². The molecule has 0 aromatic heterocycles. The van der Waals surface area contributed by atoms with Gasteiger partial charge in [-0.25, -0.2) is 0 Å². The zero-order valence-corrected chi connectivity index (χ0v) is 13.7. The number of nitrogens with one attached hydrogen (secondary N) is 1. The number of carbonyl (C=O) groups is 1. The van der Waals surface area contributed by atoms with Gasteiger partial charge in [0.05, 0.1) is 0 Å². The molecule has 0 radical (unpaired) electrons. The predicted molar refractivity (Wildman–Crippen MR) is 90.1 cm³/mol. The molecule has 3 N–H and O–H groups in total. The fourth-order valence-electron chi connectivity index (χ4n) is 2.37. The van der Waals surface area contributed by atoms with Gasteiger partial charge in [-0.05, 0) is 36.0 Å². The molecule has 3 heteroatoms. The van der Waals surface area contributed by atoms with Crippen LogP contribution in [0.2, 0.25) is 0 Å². The van der Waals surface area contributed by atoms with Crippen molar-refractivity contribution in [3.8, 4) is 0 Å². The Balaban J connectivity index is 2.27. The second-order valence-corrected chi connectivity index (χ2v) is 6.64. The molecule has 0 aliphatic rings. The quantitative estimate of drug-likeness (QED) is 0.535. The number of nitrogen functional groups attached to an aromatic ring is 1. The van der Waals surface area contributed by atoms with Crippen LogP contribution in [0.15, 0.2) is 24.3 Å². The summed E-state index contributed by atoms with van der Waals surface area (Å²) in [4.78, 5) is 11.9. The summed E-state index contributed by atoms with van der Waals surface area (Å²) in [6.07, 6.45) is 6.18. The lowest BCUT2D eigenvalue weighted by atomic mass is 9.87. The van der Waals surface area contributed by atoms with Gasteiger partial charge in [0.2, 0.25) is 5.91 Å². The lowest BCUT2D eigenvalue weighted by molar-refractivity contribution is -0.121. The highest BCUT2D eigenvalue weighted by atomic mass is 16.1. The molecule has 3 nitrogen and oxygen atoms in total. The molecule has 0 spiro atoms. The summed E-state index contributed by atoms with van der Waals surface area (Å²) in [5.74, 6) is 0.126. The third kappa shape index (κ3) is 7.74. The fourth-order valence-corrected chi connectivity index (χ4v) is 2.37. The van der Waals surface area contributed by atoms with Crippen LogP contribution in [0.1, 0.15) is 58.4 Å². The van der Waals surface area contributed by atoms with Crippen molar-refractivity contribution in [2.45, 2.75) is 59.3 Å². The zero-order chi connectivity index (χ0) is 15.7. The van der Waals surface area contributed by atoms with Crippen molar-refractivity contribution in [1.29, 1.82) is 0 Å². The van der Waals surface area contributed by atoms with E-state index in [2.05, 4.69) is 26.1 Å². The van der Waals surface area contributed by atoms with Gasteiger partial charge >= 0.3 is 0 Å². The van der Waals surface area contributed by atoms with Crippen molar-refractivity contribution in [2.24, 2.45) is 5.41 Å². The van der Waals surface area contributed by atoms with Crippen LogP contribution < -0.4 is 11.1 Å². The first kappa shape index (κ1) is 17.5. The molecule has 21 heavy (non-hydrogen) atoms. The number of aryl methyl sites for hydroxylation is 1. The molecule has 0 aliphatic carbocycles. The molecule has 1 aromatic carbocycles. The third-order valence-corrected chi connectivity index (χ3v) is 3.81. The lowest BCUT2D eigenvalue weighted by Gasteiger charge is -2.25. The molecular weight excluding hydrogens is 260 g/mol. The highest BCUT2D eigenvalue weighted by Crippen LogP contribution is 2.22. The lowest BCUT2D eigenvalue weighted by Crippen LogP contribution is -2.34. The number of hydrogen-bond donors (Lipinski definition) is 2. The van der Waals surface area contributed by atoms with Gasteiger partial charge in [-0.1, -0.05) is 52.2 Å². The van der Waals surface area contributed by atoms with Crippen molar-refractivity contribution < 1.29 is 4.79 Å². The first-order valence-corrected chi connectivity index (χ1v) is 8.04. The van der Waals surface area contributed by atoms with Crippen molar-refractivity contribution >= 4 is 11.6 Å². The second kappa shape index (κ2) is 8.71. The Morgan fingerprint density at radius 2 is 2.05 bits per heavy atom. The summed E-state index contributed by atoms with van der Waals surface area (Å²) in [6.45, 7) is 7.42. The average molecular weight is 290 g/mol. The van der Waals surface area contributed by atoms with Crippen molar-refractivity contribution in [1.82, 2.24) is 5.32 Å². The maximum atomic E-state index is 11.9. The molecule has 118 valence electrons. The number of benzene rings is 1. The largest absolute Gasteiger partial charge is 0.399 e. The Bertz CT molecular complexity index is 441. The highest BCUT2D eigenvalue weighted by Gasteiger charge is 2.18. The van der Waals surface area contributed by atoms with Gasteiger partial charge in [-0.15, -0.1) is 0 Å². The second-order valence-electron chi connectivity index (χ2n) is 6.64. The number of rotatable bonds is 9. The normalized spacial score (nSPS) is 11.4. The van der Waals surface area contributed by atoms with Crippen LogP contribution in [0, 0.1) is 5.41 Å². The average Bonchev–Trinajstić information content (AvgIpc) is 2.43. The summed E-state index contributed by atoms with van der Waals surface area (Å²) in [5, 5.41) is 3.06. The van der Waals surface area contributed by atoms with Crippen LogP contribution in [0.5, 0.6) is 0 Å². The summed E-state index contributed by atoms with van der Waals surface area (Å²) >= 11 is 0. The molecule has 0 saturated heterocycles. The molecule has 0 unspecified atom stereocenters. The minimum absolute atomic E-state index is 0.126. The van der Waals surface area contributed by atoms with E-state index >= 15 is 0 Å². The van der Waals surface area contributed by atoms with Gasteiger partial charge in [-0.2, -0.15) is 0 Å². The van der Waals surface area contributed by atoms with E-state index in [9.17, 15) is 4.79 Å². The number of amides is 1. The Kier molecular flexibility index (Phi) is 7.27. The molecule has 1 rings (SSSR count). The Morgan fingerprint density at radius 1 is 1.29 bits per heavy atom. The van der Waals surface area contributed by atoms with Crippen molar-refractivity contribution in [2.75, 3.05) is 12.3 Å². The maximum Gasteiger partial charge on any atom is 0.220 e.